The Bertz CT molecular complexity index is 850. The number of hydrazone groups is 1. The van der Waals surface area contributed by atoms with Gasteiger partial charge in [0.15, 0.2) is 6.61 Å². The molecule has 6 nitrogen and oxygen atoms in total. The topological polar surface area (TPSA) is 68.5 Å². The minimum absolute atomic E-state index is 0.0648. The lowest BCUT2D eigenvalue weighted by atomic mass is 10.2. The molecule has 10 heteroatoms. The number of rotatable bonds is 8. The van der Waals surface area contributed by atoms with E-state index in [4.69, 9.17) is 16.3 Å². The van der Waals surface area contributed by atoms with Gasteiger partial charge in [-0.2, -0.15) is 23.4 Å². The number of halogens is 4. The van der Waals surface area contributed by atoms with Crippen molar-refractivity contribution in [1.82, 2.24) is 15.2 Å². The molecule has 1 aromatic heterocycles. The van der Waals surface area contributed by atoms with Crippen LogP contribution >= 0.6 is 11.6 Å². The summed E-state index contributed by atoms with van der Waals surface area (Å²) in [4.78, 5) is 11.8. The predicted molar refractivity (Wildman–Crippen MR) is 99.6 cm³/mol. The second-order valence-electron chi connectivity index (χ2n) is 5.97. The van der Waals surface area contributed by atoms with E-state index < -0.39 is 24.3 Å². The van der Waals surface area contributed by atoms with E-state index in [-0.39, 0.29) is 5.75 Å². The van der Waals surface area contributed by atoms with Gasteiger partial charge in [-0.05, 0) is 31.5 Å². The number of hydrogen-bond donors (Lipinski definition) is 1. The Morgan fingerprint density at radius 3 is 2.86 bits per heavy atom. The maximum atomic E-state index is 12.7. The third-order valence-electron chi connectivity index (χ3n) is 3.75. The molecule has 0 fully saturated rings. The van der Waals surface area contributed by atoms with Gasteiger partial charge in [0.25, 0.3) is 5.91 Å². The number of aromatic nitrogens is 2. The van der Waals surface area contributed by atoms with E-state index in [0.717, 1.165) is 25.0 Å². The first-order valence-corrected chi connectivity index (χ1v) is 8.95. The van der Waals surface area contributed by atoms with Gasteiger partial charge < -0.3 is 4.74 Å². The third-order valence-corrected chi connectivity index (χ3v) is 4.15. The van der Waals surface area contributed by atoms with Gasteiger partial charge in [0, 0.05) is 6.54 Å². The molecule has 0 saturated carbocycles. The van der Waals surface area contributed by atoms with Crippen LogP contribution < -0.4 is 10.2 Å². The van der Waals surface area contributed by atoms with E-state index in [9.17, 15) is 18.0 Å². The van der Waals surface area contributed by atoms with Crippen LogP contribution in [-0.2, 0) is 17.5 Å². The summed E-state index contributed by atoms with van der Waals surface area (Å²) in [6.45, 7) is 4.03. The van der Waals surface area contributed by atoms with E-state index in [1.165, 1.54) is 18.3 Å². The summed E-state index contributed by atoms with van der Waals surface area (Å²) in [6.07, 6.45) is -1.18. The molecule has 1 amide bonds. The number of unbranched alkanes of at least 4 members (excludes halogenated alkanes) is 1. The molecule has 0 aliphatic heterocycles. The zero-order chi connectivity index (χ0) is 20.7. The van der Waals surface area contributed by atoms with Gasteiger partial charge in [0.2, 0.25) is 0 Å². The summed E-state index contributed by atoms with van der Waals surface area (Å²) < 4.78 is 44.7. The van der Waals surface area contributed by atoms with Crippen LogP contribution in [0.15, 0.2) is 29.4 Å². The monoisotopic (exact) mass is 416 g/mol. The van der Waals surface area contributed by atoms with Gasteiger partial charge in [-0.25, -0.2) is 5.43 Å². The lowest BCUT2D eigenvalue weighted by molar-refractivity contribution is -0.137. The van der Waals surface area contributed by atoms with Crippen molar-refractivity contribution in [3.63, 3.8) is 0 Å². The van der Waals surface area contributed by atoms with E-state index in [2.05, 4.69) is 22.5 Å². The van der Waals surface area contributed by atoms with Crippen LogP contribution in [0.2, 0.25) is 5.15 Å². The van der Waals surface area contributed by atoms with Gasteiger partial charge in [0.05, 0.1) is 23.0 Å². The highest BCUT2D eigenvalue weighted by Gasteiger charge is 2.30. The summed E-state index contributed by atoms with van der Waals surface area (Å²) >= 11 is 6.25. The predicted octanol–water partition coefficient (Wildman–Crippen LogP) is 4.19. The molecule has 2 aromatic rings. The summed E-state index contributed by atoms with van der Waals surface area (Å²) in [5.74, 6) is -0.689. The lowest BCUT2D eigenvalue weighted by Gasteiger charge is -2.09. The first kappa shape index (κ1) is 21.7. The molecule has 1 aromatic carbocycles. The molecule has 1 N–H and O–H groups in total. The molecular formula is C18H20ClF3N4O2. The molecule has 0 aliphatic carbocycles. The van der Waals surface area contributed by atoms with Gasteiger partial charge >= 0.3 is 6.18 Å². The highest BCUT2D eigenvalue weighted by Crippen LogP contribution is 2.31. The first-order chi connectivity index (χ1) is 13.2. The quantitative estimate of drug-likeness (QED) is 0.518. The zero-order valence-electron chi connectivity index (χ0n) is 15.4. The van der Waals surface area contributed by atoms with E-state index in [1.54, 1.807) is 11.6 Å². The van der Waals surface area contributed by atoms with Crippen molar-refractivity contribution in [3.05, 3.63) is 46.2 Å². The fraction of sp³-hybridized carbons (Fsp3) is 0.389. The molecular weight excluding hydrogens is 397 g/mol. The fourth-order valence-electron chi connectivity index (χ4n) is 2.28. The average Bonchev–Trinajstić information content (AvgIpc) is 2.91. The molecule has 0 atom stereocenters. The zero-order valence-corrected chi connectivity index (χ0v) is 16.1. The Labute approximate surface area is 165 Å². The molecule has 0 aliphatic rings. The minimum atomic E-state index is -4.48. The Balaban J connectivity index is 1.90. The molecule has 1 heterocycles. The maximum absolute atomic E-state index is 12.7. The molecule has 28 heavy (non-hydrogen) atoms. The van der Waals surface area contributed by atoms with Crippen molar-refractivity contribution in [2.45, 2.75) is 39.4 Å². The minimum Gasteiger partial charge on any atom is -0.484 e. The smallest absolute Gasteiger partial charge is 0.416 e. The van der Waals surface area contributed by atoms with Crippen molar-refractivity contribution in [3.8, 4) is 5.75 Å². The number of aryl methyl sites for hydroxylation is 2. The number of nitrogens with zero attached hydrogens (tertiary/aromatic N) is 3. The Hall–Kier alpha value is -2.55. The number of amides is 1. The summed E-state index contributed by atoms with van der Waals surface area (Å²) in [5.41, 5.74) is 2.63. The third kappa shape index (κ3) is 5.98. The number of carbonyl (C=O) groups is 1. The number of benzene rings is 1. The first-order valence-electron chi connectivity index (χ1n) is 8.57. The van der Waals surface area contributed by atoms with Crippen LogP contribution in [0.1, 0.15) is 36.6 Å². The second-order valence-corrected chi connectivity index (χ2v) is 6.33. The van der Waals surface area contributed by atoms with Crippen LogP contribution in [-0.4, -0.2) is 28.5 Å². The SMILES string of the molecule is CCCCn1nc(C)c(/C=N/NC(=O)COc2cccc(C(F)(F)F)c2)c1Cl. The van der Waals surface area contributed by atoms with Crippen molar-refractivity contribution >= 4 is 23.7 Å². The molecule has 2 rings (SSSR count). The maximum Gasteiger partial charge on any atom is 0.416 e. The van der Waals surface area contributed by atoms with Crippen molar-refractivity contribution in [2.24, 2.45) is 5.10 Å². The summed E-state index contributed by atoms with van der Waals surface area (Å²) in [5, 5.41) is 8.54. The Kier molecular flexibility index (Phi) is 7.45. The molecule has 0 unspecified atom stereocenters. The number of nitrogens with one attached hydrogen (secondary N) is 1. The molecule has 0 radical (unpaired) electrons. The standard InChI is InChI=1S/C18H20ClF3N4O2/c1-3-4-8-26-17(19)15(12(2)25-26)10-23-24-16(27)11-28-14-7-5-6-13(9-14)18(20,21)22/h5-7,9-10H,3-4,8,11H2,1-2H3,(H,24,27)/b23-10+. The van der Waals surface area contributed by atoms with Crippen LogP contribution in [0.3, 0.4) is 0 Å². The molecule has 0 bridgehead atoms. The number of hydrogen-bond acceptors (Lipinski definition) is 4. The number of carbonyl (C=O) groups excluding carboxylic acids is 1. The van der Waals surface area contributed by atoms with Crippen molar-refractivity contribution in [2.75, 3.05) is 6.61 Å². The van der Waals surface area contributed by atoms with Gasteiger partial charge in [-0.3, -0.25) is 9.48 Å². The largest absolute Gasteiger partial charge is 0.484 e. The van der Waals surface area contributed by atoms with E-state index in [0.29, 0.717) is 23.0 Å². The summed E-state index contributed by atoms with van der Waals surface area (Å²) in [7, 11) is 0. The second kappa shape index (κ2) is 9.59. The van der Waals surface area contributed by atoms with Crippen LogP contribution in [0, 0.1) is 6.92 Å². The van der Waals surface area contributed by atoms with E-state index in [1.807, 2.05) is 0 Å². The van der Waals surface area contributed by atoms with Crippen LogP contribution in [0.25, 0.3) is 0 Å². The molecule has 0 saturated heterocycles. The van der Waals surface area contributed by atoms with Gasteiger partial charge in [-0.15, -0.1) is 0 Å². The number of ether oxygens (including phenoxy) is 1. The number of alkyl halides is 3. The lowest BCUT2D eigenvalue weighted by Crippen LogP contribution is -2.24. The van der Waals surface area contributed by atoms with Gasteiger partial charge in [0.1, 0.15) is 10.9 Å². The van der Waals surface area contributed by atoms with E-state index >= 15 is 0 Å². The Morgan fingerprint density at radius 2 is 2.18 bits per heavy atom. The fourth-order valence-corrected chi connectivity index (χ4v) is 2.59. The van der Waals surface area contributed by atoms with Gasteiger partial charge in [-0.1, -0.05) is 31.0 Å². The highest BCUT2D eigenvalue weighted by atomic mass is 35.5. The van der Waals surface area contributed by atoms with Crippen LogP contribution in [0.4, 0.5) is 13.2 Å². The summed E-state index contributed by atoms with van der Waals surface area (Å²) in [6, 6.07) is 4.28. The normalized spacial score (nSPS) is 11.8. The molecule has 152 valence electrons. The van der Waals surface area contributed by atoms with Crippen molar-refractivity contribution in [1.29, 1.82) is 0 Å². The van der Waals surface area contributed by atoms with Crippen molar-refractivity contribution < 1.29 is 22.7 Å². The average molecular weight is 417 g/mol. The Morgan fingerprint density at radius 1 is 1.43 bits per heavy atom. The highest BCUT2D eigenvalue weighted by molar-refractivity contribution is 6.32. The van der Waals surface area contributed by atoms with Crippen LogP contribution in [0.5, 0.6) is 5.75 Å². The molecule has 0 spiro atoms.